The maximum absolute atomic E-state index is 10.7. The van der Waals surface area contributed by atoms with Crippen molar-refractivity contribution in [2.24, 2.45) is 0 Å². The molecule has 2 aromatic rings. The predicted octanol–water partition coefficient (Wildman–Crippen LogP) is 3.91. The molecule has 4 heteroatoms. The van der Waals surface area contributed by atoms with Crippen molar-refractivity contribution < 1.29 is 9.90 Å². The largest absolute Gasteiger partial charge is 0.478 e. The van der Waals surface area contributed by atoms with Gasteiger partial charge >= 0.3 is 5.97 Å². The fourth-order valence-corrected chi connectivity index (χ4v) is 2.19. The number of carboxylic acid groups (broad SMARTS) is 1. The average Bonchev–Trinajstić information content (AvgIpc) is 2.40. The summed E-state index contributed by atoms with van der Waals surface area (Å²) >= 11 is 2.31. The monoisotopic (exact) mass is 367 g/mol. The van der Waals surface area contributed by atoms with Crippen molar-refractivity contribution in [3.63, 3.8) is 0 Å². The van der Waals surface area contributed by atoms with Crippen LogP contribution in [-0.2, 0) is 6.54 Å². The number of carboxylic acids is 1. The zero-order valence-corrected chi connectivity index (χ0v) is 12.6. The molecule has 0 fully saturated rings. The van der Waals surface area contributed by atoms with Gasteiger partial charge in [-0.1, -0.05) is 18.2 Å². The zero-order valence-electron chi connectivity index (χ0n) is 10.5. The molecule has 0 aliphatic heterocycles. The Morgan fingerprint density at radius 3 is 2.47 bits per heavy atom. The van der Waals surface area contributed by atoms with Crippen LogP contribution in [0.2, 0.25) is 0 Å². The van der Waals surface area contributed by atoms with Crippen LogP contribution in [0.15, 0.2) is 42.5 Å². The Hall–Kier alpha value is -1.56. The van der Waals surface area contributed by atoms with Crippen LogP contribution in [0.3, 0.4) is 0 Å². The third-order valence-corrected chi connectivity index (χ3v) is 4.03. The third-order valence-electron chi connectivity index (χ3n) is 2.87. The van der Waals surface area contributed by atoms with Crippen molar-refractivity contribution in [1.29, 1.82) is 0 Å². The first kappa shape index (κ1) is 13.9. The van der Waals surface area contributed by atoms with Gasteiger partial charge in [0.15, 0.2) is 0 Å². The van der Waals surface area contributed by atoms with Crippen LogP contribution >= 0.6 is 22.6 Å². The molecule has 0 aromatic heterocycles. The van der Waals surface area contributed by atoms with Crippen LogP contribution in [0.5, 0.6) is 0 Å². The van der Waals surface area contributed by atoms with Crippen molar-refractivity contribution in [2.75, 3.05) is 5.32 Å². The molecule has 2 N–H and O–H groups in total. The summed E-state index contributed by atoms with van der Waals surface area (Å²) in [6, 6.07) is 13.1. The molecule has 98 valence electrons. The van der Waals surface area contributed by atoms with Crippen molar-refractivity contribution in [3.8, 4) is 0 Å². The summed E-state index contributed by atoms with van der Waals surface area (Å²) in [4.78, 5) is 10.7. The minimum Gasteiger partial charge on any atom is -0.478 e. The smallest absolute Gasteiger partial charge is 0.335 e. The number of hydrogen-bond donors (Lipinski definition) is 2. The van der Waals surface area contributed by atoms with E-state index in [0.29, 0.717) is 12.1 Å². The summed E-state index contributed by atoms with van der Waals surface area (Å²) < 4.78 is 1.23. The van der Waals surface area contributed by atoms with E-state index >= 15 is 0 Å². The Kier molecular flexibility index (Phi) is 4.42. The van der Waals surface area contributed by atoms with Gasteiger partial charge in [-0.05, 0) is 64.9 Å². The Balaban J connectivity index is 2.01. The van der Waals surface area contributed by atoms with Gasteiger partial charge in [0.2, 0.25) is 0 Å². The van der Waals surface area contributed by atoms with Gasteiger partial charge in [-0.25, -0.2) is 4.79 Å². The lowest BCUT2D eigenvalue weighted by molar-refractivity contribution is 0.0697. The fourth-order valence-electron chi connectivity index (χ4n) is 1.67. The first-order valence-corrected chi connectivity index (χ1v) is 6.96. The number of anilines is 1. The highest BCUT2D eigenvalue weighted by molar-refractivity contribution is 14.1. The lowest BCUT2D eigenvalue weighted by Gasteiger charge is -2.08. The highest BCUT2D eigenvalue weighted by atomic mass is 127. The zero-order chi connectivity index (χ0) is 13.8. The average molecular weight is 367 g/mol. The molecule has 0 heterocycles. The van der Waals surface area contributed by atoms with E-state index in [2.05, 4.69) is 47.0 Å². The van der Waals surface area contributed by atoms with Crippen molar-refractivity contribution >= 4 is 34.2 Å². The number of halogens is 1. The predicted molar refractivity (Wildman–Crippen MR) is 84.6 cm³/mol. The van der Waals surface area contributed by atoms with Crippen molar-refractivity contribution in [1.82, 2.24) is 0 Å². The fraction of sp³-hybridized carbons (Fsp3) is 0.133. The van der Waals surface area contributed by atoms with Gasteiger partial charge in [-0.15, -0.1) is 0 Å². The van der Waals surface area contributed by atoms with Crippen molar-refractivity contribution in [2.45, 2.75) is 13.5 Å². The normalized spacial score (nSPS) is 10.2. The van der Waals surface area contributed by atoms with E-state index in [4.69, 9.17) is 5.11 Å². The van der Waals surface area contributed by atoms with Crippen LogP contribution in [0.25, 0.3) is 0 Å². The SMILES string of the molecule is Cc1ccc(NCc2ccc(C(=O)O)cc2)cc1I. The molecule has 0 saturated heterocycles. The number of hydrogen-bond acceptors (Lipinski definition) is 2. The molecule has 0 radical (unpaired) electrons. The summed E-state index contributed by atoms with van der Waals surface area (Å²) in [6.45, 7) is 2.76. The van der Waals surface area contributed by atoms with E-state index < -0.39 is 5.97 Å². The minimum atomic E-state index is -0.896. The lowest BCUT2D eigenvalue weighted by atomic mass is 10.1. The van der Waals surface area contributed by atoms with Gasteiger partial charge in [0.25, 0.3) is 0 Å². The number of aromatic carboxylic acids is 1. The maximum atomic E-state index is 10.7. The number of nitrogens with one attached hydrogen (secondary N) is 1. The quantitative estimate of drug-likeness (QED) is 0.806. The Morgan fingerprint density at radius 2 is 1.89 bits per heavy atom. The summed E-state index contributed by atoms with van der Waals surface area (Å²) in [7, 11) is 0. The molecule has 0 bridgehead atoms. The number of rotatable bonds is 4. The van der Waals surface area contributed by atoms with Crippen LogP contribution in [0.1, 0.15) is 21.5 Å². The molecule has 0 amide bonds. The molecule has 0 atom stereocenters. The van der Waals surface area contributed by atoms with Crippen LogP contribution in [-0.4, -0.2) is 11.1 Å². The van der Waals surface area contributed by atoms with E-state index in [1.54, 1.807) is 12.1 Å². The van der Waals surface area contributed by atoms with E-state index in [9.17, 15) is 4.79 Å². The molecule has 19 heavy (non-hydrogen) atoms. The van der Waals surface area contributed by atoms with Gasteiger partial charge in [0.05, 0.1) is 5.56 Å². The molecule has 0 aliphatic carbocycles. The summed E-state index contributed by atoms with van der Waals surface area (Å²) in [5.74, 6) is -0.896. The van der Waals surface area contributed by atoms with Gasteiger partial charge in [-0.2, -0.15) is 0 Å². The van der Waals surface area contributed by atoms with E-state index in [1.807, 2.05) is 18.2 Å². The minimum absolute atomic E-state index is 0.314. The summed E-state index contributed by atoms with van der Waals surface area (Å²) in [5.41, 5.74) is 3.70. The highest BCUT2D eigenvalue weighted by Gasteiger charge is 2.02. The number of carbonyl (C=O) groups is 1. The Bertz CT molecular complexity index is 594. The molecule has 3 nitrogen and oxygen atoms in total. The molecule has 0 aliphatic rings. The number of aryl methyl sites for hydroxylation is 1. The molecule has 0 spiro atoms. The van der Waals surface area contributed by atoms with Gasteiger partial charge in [0.1, 0.15) is 0 Å². The second-order valence-electron chi connectivity index (χ2n) is 4.32. The van der Waals surface area contributed by atoms with Crippen LogP contribution in [0, 0.1) is 10.5 Å². The molecular weight excluding hydrogens is 353 g/mol. The second-order valence-corrected chi connectivity index (χ2v) is 5.48. The van der Waals surface area contributed by atoms with Gasteiger partial charge in [-0.3, -0.25) is 0 Å². The third kappa shape index (κ3) is 3.70. The molecule has 0 saturated carbocycles. The van der Waals surface area contributed by atoms with E-state index in [-0.39, 0.29) is 0 Å². The number of benzene rings is 2. The molecule has 0 unspecified atom stereocenters. The van der Waals surface area contributed by atoms with E-state index in [0.717, 1.165) is 11.3 Å². The molecule has 2 aromatic carbocycles. The lowest BCUT2D eigenvalue weighted by Crippen LogP contribution is -2.01. The molecule has 2 rings (SSSR count). The molecular formula is C15H14INO2. The topological polar surface area (TPSA) is 49.3 Å². The first-order chi connectivity index (χ1) is 9.06. The summed E-state index contributed by atoms with van der Waals surface area (Å²) in [6.07, 6.45) is 0. The Labute approximate surface area is 125 Å². The maximum Gasteiger partial charge on any atom is 0.335 e. The summed E-state index contributed by atoms with van der Waals surface area (Å²) in [5, 5.41) is 12.1. The standard InChI is InChI=1S/C15H14INO2/c1-10-2-7-13(8-14(10)16)17-9-11-3-5-12(6-4-11)15(18)19/h2-8,17H,9H2,1H3,(H,18,19). The Morgan fingerprint density at radius 1 is 1.21 bits per heavy atom. The first-order valence-electron chi connectivity index (χ1n) is 5.88. The van der Waals surface area contributed by atoms with E-state index in [1.165, 1.54) is 9.13 Å². The van der Waals surface area contributed by atoms with Gasteiger partial charge < -0.3 is 10.4 Å². The van der Waals surface area contributed by atoms with Crippen molar-refractivity contribution in [3.05, 3.63) is 62.7 Å². The van der Waals surface area contributed by atoms with Crippen LogP contribution in [0.4, 0.5) is 5.69 Å². The second kappa shape index (κ2) is 6.06. The highest BCUT2D eigenvalue weighted by Crippen LogP contribution is 2.17. The van der Waals surface area contributed by atoms with Gasteiger partial charge in [0, 0.05) is 15.8 Å². The van der Waals surface area contributed by atoms with Crippen LogP contribution < -0.4 is 5.32 Å².